The third kappa shape index (κ3) is 3.53. The van der Waals surface area contributed by atoms with E-state index in [0.717, 1.165) is 22.4 Å². The van der Waals surface area contributed by atoms with Crippen LogP contribution in [0.4, 0.5) is 5.69 Å². The summed E-state index contributed by atoms with van der Waals surface area (Å²) in [5.74, 6) is 0.0584. The molecule has 3 aromatic carbocycles. The topological polar surface area (TPSA) is 32.3 Å². The lowest BCUT2D eigenvalue weighted by atomic mass is 9.86. The first-order valence-electron chi connectivity index (χ1n) is 9.74. The molecule has 4 rings (SSSR count). The molecule has 0 bridgehead atoms. The van der Waals surface area contributed by atoms with Gasteiger partial charge in [-0.25, -0.2) is 0 Å². The van der Waals surface area contributed by atoms with Crippen LogP contribution in [-0.2, 0) is 12.0 Å². The Kier molecular flexibility index (Phi) is 4.68. The summed E-state index contributed by atoms with van der Waals surface area (Å²) >= 11 is 0. The van der Waals surface area contributed by atoms with Crippen LogP contribution < -0.4 is 5.32 Å². The highest BCUT2D eigenvalue weighted by molar-refractivity contribution is 6.01. The predicted octanol–water partition coefficient (Wildman–Crippen LogP) is 5.75. The maximum Gasteiger partial charge on any atom is 0.258 e. The number of amides is 1. The van der Waals surface area contributed by atoms with Crippen molar-refractivity contribution >= 4 is 11.6 Å². The summed E-state index contributed by atoms with van der Waals surface area (Å²) in [6, 6.07) is 26.5. The van der Waals surface area contributed by atoms with Crippen LogP contribution in [0.15, 0.2) is 78.9 Å². The second-order valence-electron chi connectivity index (χ2n) is 8.38. The lowest BCUT2D eigenvalue weighted by molar-refractivity contribution is 0.0666. The number of fused-ring (bicyclic) bond motifs is 1. The normalized spacial score (nSPS) is 16.5. The minimum absolute atomic E-state index is 0.0584. The Morgan fingerprint density at radius 3 is 2.18 bits per heavy atom. The van der Waals surface area contributed by atoms with Crippen molar-refractivity contribution in [2.45, 2.75) is 38.9 Å². The van der Waals surface area contributed by atoms with Gasteiger partial charge in [0.05, 0.1) is 5.56 Å². The Morgan fingerprint density at radius 2 is 1.50 bits per heavy atom. The second kappa shape index (κ2) is 7.16. The minimum Gasteiger partial charge on any atom is -0.361 e. The molecular weight excluding hydrogens is 344 g/mol. The summed E-state index contributed by atoms with van der Waals surface area (Å²) in [5.41, 5.74) is 5.21. The number of carbonyl (C=O) groups excluding carboxylic acids is 1. The van der Waals surface area contributed by atoms with Crippen LogP contribution in [-0.4, -0.2) is 10.8 Å². The SMILES string of the molecule is CC(C)(C)c1ccc([C@H]2Nc3ccccc3C(=O)N2Cc2ccccc2)cc1. The van der Waals surface area contributed by atoms with Crippen LogP contribution in [0.5, 0.6) is 0 Å². The van der Waals surface area contributed by atoms with E-state index in [9.17, 15) is 4.79 Å². The predicted molar refractivity (Wildman–Crippen MR) is 114 cm³/mol. The van der Waals surface area contributed by atoms with Gasteiger partial charge in [0.2, 0.25) is 0 Å². The fourth-order valence-corrected chi connectivity index (χ4v) is 3.66. The van der Waals surface area contributed by atoms with Crippen molar-refractivity contribution in [2.75, 3.05) is 5.32 Å². The molecule has 3 aromatic rings. The van der Waals surface area contributed by atoms with Crippen molar-refractivity contribution in [3.8, 4) is 0 Å². The number of anilines is 1. The molecule has 142 valence electrons. The number of hydrogen-bond donors (Lipinski definition) is 1. The van der Waals surface area contributed by atoms with Crippen LogP contribution in [0.2, 0.25) is 0 Å². The maximum atomic E-state index is 13.3. The van der Waals surface area contributed by atoms with Gasteiger partial charge in [-0.3, -0.25) is 4.79 Å². The Morgan fingerprint density at radius 1 is 0.857 bits per heavy atom. The van der Waals surface area contributed by atoms with E-state index in [1.165, 1.54) is 5.56 Å². The van der Waals surface area contributed by atoms with E-state index in [2.05, 4.69) is 62.5 Å². The monoisotopic (exact) mass is 370 g/mol. The first-order valence-corrected chi connectivity index (χ1v) is 9.74. The minimum atomic E-state index is -0.198. The standard InChI is InChI=1S/C25H26N2O/c1-25(2,3)20-15-13-19(14-16-20)23-26-22-12-8-7-11-21(22)24(28)27(23)17-18-9-5-4-6-10-18/h4-16,23,26H,17H2,1-3H3/t23-/m0/s1. The largest absolute Gasteiger partial charge is 0.361 e. The fourth-order valence-electron chi connectivity index (χ4n) is 3.66. The van der Waals surface area contributed by atoms with Gasteiger partial charge in [-0.05, 0) is 34.2 Å². The van der Waals surface area contributed by atoms with Gasteiger partial charge in [0.15, 0.2) is 0 Å². The van der Waals surface area contributed by atoms with E-state index in [1.54, 1.807) is 0 Å². The van der Waals surface area contributed by atoms with Gasteiger partial charge in [0.1, 0.15) is 6.17 Å². The molecule has 0 aliphatic carbocycles. The van der Waals surface area contributed by atoms with Crippen molar-refractivity contribution in [3.05, 3.63) is 101 Å². The summed E-state index contributed by atoms with van der Waals surface area (Å²) in [5, 5.41) is 3.58. The summed E-state index contributed by atoms with van der Waals surface area (Å²) < 4.78 is 0. The Hall–Kier alpha value is -3.07. The van der Waals surface area contributed by atoms with Crippen LogP contribution in [0, 0.1) is 0 Å². The summed E-state index contributed by atoms with van der Waals surface area (Å²) in [4.78, 5) is 15.2. The van der Waals surface area contributed by atoms with Crippen LogP contribution in [0.3, 0.4) is 0 Å². The molecule has 0 saturated carbocycles. The summed E-state index contributed by atoms with van der Waals surface area (Å²) in [6.45, 7) is 7.19. The molecule has 1 N–H and O–H groups in total. The highest BCUT2D eigenvalue weighted by atomic mass is 16.2. The summed E-state index contributed by atoms with van der Waals surface area (Å²) in [6.07, 6.45) is -0.198. The number of para-hydroxylation sites is 1. The van der Waals surface area contributed by atoms with Gasteiger partial charge >= 0.3 is 0 Å². The van der Waals surface area contributed by atoms with E-state index in [-0.39, 0.29) is 17.5 Å². The Bertz CT molecular complexity index is 971. The molecular formula is C25H26N2O. The molecule has 1 heterocycles. The van der Waals surface area contributed by atoms with Crippen molar-refractivity contribution in [1.82, 2.24) is 4.90 Å². The number of nitrogens with zero attached hydrogens (tertiary/aromatic N) is 1. The summed E-state index contributed by atoms with van der Waals surface area (Å²) in [7, 11) is 0. The van der Waals surface area contributed by atoms with Crippen molar-refractivity contribution in [1.29, 1.82) is 0 Å². The highest BCUT2D eigenvalue weighted by Crippen LogP contribution is 2.35. The van der Waals surface area contributed by atoms with Gasteiger partial charge < -0.3 is 10.2 Å². The molecule has 0 fully saturated rings. The van der Waals surface area contributed by atoms with Gasteiger partial charge in [-0.1, -0.05) is 87.5 Å². The smallest absolute Gasteiger partial charge is 0.258 e. The molecule has 28 heavy (non-hydrogen) atoms. The zero-order valence-corrected chi connectivity index (χ0v) is 16.6. The number of rotatable bonds is 3. The Labute approximate surface area is 167 Å². The van der Waals surface area contributed by atoms with E-state index in [1.807, 2.05) is 47.4 Å². The molecule has 0 unspecified atom stereocenters. The van der Waals surface area contributed by atoms with E-state index < -0.39 is 0 Å². The molecule has 0 saturated heterocycles. The van der Waals surface area contributed by atoms with E-state index in [4.69, 9.17) is 0 Å². The quantitative estimate of drug-likeness (QED) is 0.636. The average molecular weight is 370 g/mol. The average Bonchev–Trinajstić information content (AvgIpc) is 2.70. The molecule has 1 atom stereocenters. The van der Waals surface area contributed by atoms with Crippen LogP contribution in [0.25, 0.3) is 0 Å². The van der Waals surface area contributed by atoms with Gasteiger partial charge in [-0.2, -0.15) is 0 Å². The molecule has 0 radical (unpaired) electrons. The van der Waals surface area contributed by atoms with Gasteiger partial charge in [0.25, 0.3) is 5.91 Å². The molecule has 3 nitrogen and oxygen atoms in total. The van der Waals surface area contributed by atoms with Crippen molar-refractivity contribution in [2.24, 2.45) is 0 Å². The van der Waals surface area contributed by atoms with Crippen LogP contribution >= 0.6 is 0 Å². The zero-order valence-electron chi connectivity index (χ0n) is 16.6. The van der Waals surface area contributed by atoms with Crippen molar-refractivity contribution < 1.29 is 4.79 Å². The first-order chi connectivity index (χ1) is 13.4. The Balaban J connectivity index is 1.73. The fraction of sp³-hybridized carbons (Fsp3) is 0.240. The van der Waals surface area contributed by atoms with Crippen molar-refractivity contribution in [3.63, 3.8) is 0 Å². The number of benzene rings is 3. The number of nitrogens with one attached hydrogen (secondary N) is 1. The number of carbonyl (C=O) groups is 1. The molecule has 3 heteroatoms. The third-order valence-corrected chi connectivity index (χ3v) is 5.31. The molecule has 1 amide bonds. The zero-order chi connectivity index (χ0) is 19.7. The molecule has 1 aliphatic rings. The lowest BCUT2D eigenvalue weighted by Crippen LogP contribution is -2.42. The van der Waals surface area contributed by atoms with Gasteiger partial charge in [0, 0.05) is 12.2 Å². The van der Waals surface area contributed by atoms with Crippen LogP contribution in [0.1, 0.15) is 54.0 Å². The third-order valence-electron chi connectivity index (χ3n) is 5.31. The van der Waals surface area contributed by atoms with E-state index in [0.29, 0.717) is 6.54 Å². The molecule has 1 aliphatic heterocycles. The van der Waals surface area contributed by atoms with E-state index >= 15 is 0 Å². The highest BCUT2D eigenvalue weighted by Gasteiger charge is 2.32. The van der Waals surface area contributed by atoms with Gasteiger partial charge in [-0.15, -0.1) is 0 Å². The molecule has 0 aromatic heterocycles. The first kappa shape index (κ1) is 18.3. The maximum absolute atomic E-state index is 13.3. The second-order valence-corrected chi connectivity index (χ2v) is 8.38. The molecule has 0 spiro atoms. The number of hydrogen-bond acceptors (Lipinski definition) is 2. The lowest BCUT2D eigenvalue weighted by Gasteiger charge is -2.38.